The molecular weight excluding hydrogens is 376 g/mol. The van der Waals surface area contributed by atoms with Gasteiger partial charge in [-0.3, -0.25) is 24.5 Å². The van der Waals surface area contributed by atoms with Crippen LogP contribution in [-0.4, -0.2) is 41.3 Å². The third kappa shape index (κ3) is 4.31. The summed E-state index contributed by atoms with van der Waals surface area (Å²) in [6.07, 6.45) is 6.98. The molecule has 0 aliphatic heterocycles. The van der Waals surface area contributed by atoms with Crippen LogP contribution >= 0.6 is 0 Å². The van der Waals surface area contributed by atoms with Gasteiger partial charge < -0.3 is 10.1 Å². The number of hydrogen-bond donors (Lipinski definition) is 1. The lowest BCUT2D eigenvalue weighted by Gasteiger charge is -2.56. The summed E-state index contributed by atoms with van der Waals surface area (Å²) >= 11 is 0. The second kappa shape index (κ2) is 7.69. The van der Waals surface area contributed by atoms with Gasteiger partial charge in [-0.1, -0.05) is 6.92 Å². The van der Waals surface area contributed by atoms with Crippen molar-refractivity contribution in [2.45, 2.75) is 63.8 Å². The van der Waals surface area contributed by atoms with Gasteiger partial charge in [0.05, 0.1) is 6.42 Å². The Morgan fingerprint density at radius 2 is 1.76 bits per heavy atom. The third-order valence-corrected chi connectivity index (χ3v) is 7.74. The predicted octanol–water partition coefficient (Wildman–Crippen LogP) is 2.12. The van der Waals surface area contributed by atoms with Crippen LogP contribution in [0.1, 0.15) is 58.3 Å². The molecule has 5 fully saturated rings. The SMILES string of the molecule is C[C@H]1CC(=O)[C@H](CC(=O)OCC(=O)NC23CC4CC(CC(C4)C2)C3)[C@@H]1C[N+](=O)[O-]. The molecule has 5 saturated carbocycles. The Balaban J connectivity index is 1.27. The van der Waals surface area contributed by atoms with Crippen LogP contribution < -0.4 is 5.32 Å². The highest BCUT2D eigenvalue weighted by Gasteiger charge is 2.51. The van der Waals surface area contributed by atoms with Crippen molar-refractivity contribution in [3.8, 4) is 0 Å². The molecule has 4 bridgehead atoms. The zero-order chi connectivity index (χ0) is 20.8. The number of ether oxygens (including phenoxy) is 1. The first-order chi connectivity index (χ1) is 13.7. The van der Waals surface area contributed by atoms with Crippen LogP contribution in [0.4, 0.5) is 0 Å². The van der Waals surface area contributed by atoms with E-state index in [-0.39, 0.29) is 49.1 Å². The lowest BCUT2D eigenvalue weighted by molar-refractivity contribution is -0.490. The van der Waals surface area contributed by atoms with E-state index in [2.05, 4.69) is 5.32 Å². The highest BCUT2D eigenvalue weighted by Crippen LogP contribution is 2.55. The van der Waals surface area contributed by atoms with Gasteiger partial charge in [0.2, 0.25) is 6.54 Å². The number of rotatable bonds is 7. The van der Waals surface area contributed by atoms with Crippen LogP contribution in [0.25, 0.3) is 0 Å². The summed E-state index contributed by atoms with van der Waals surface area (Å²) < 4.78 is 5.14. The highest BCUT2D eigenvalue weighted by atomic mass is 16.6. The largest absolute Gasteiger partial charge is 0.456 e. The standard InChI is InChI=1S/C21H30N2O6/c1-12-2-18(24)16(17(12)10-23(27)28)6-20(26)29-11-19(25)22-21-7-13-3-14(8-21)5-15(4-13)9-21/h12-17H,2-11H2,1H3,(H,22,25)/t12-,13?,14?,15?,16+,17+,21?/m0/s1. The molecule has 0 radical (unpaired) electrons. The maximum Gasteiger partial charge on any atom is 0.307 e. The number of ketones is 1. The zero-order valence-electron chi connectivity index (χ0n) is 16.9. The Labute approximate surface area is 170 Å². The van der Waals surface area contributed by atoms with E-state index in [4.69, 9.17) is 4.74 Å². The van der Waals surface area contributed by atoms with Crippen molar-refractivity contribution < 1.29 is 24.0 Å². The molecule has 29 heavy (non-hydrogen) atoms. The average molecular weight is 406 g/mol. The molecule has 1 amide bonds. The molecule has 1 N–H and O–H groups in total. The Morgan fingerprint density at radius 1 is 1.17 bits per heavy atom. The van der Waals surface area contributed by atoms with Crippen molar-refractivity contribution in [2.75, 3.05) is 13.2 Å². The van der Waals surface area contributed by atoms with E-state index >= 15 is 0 Å². The Bertz CT molecular complexity index is 685. The lowest BCUT2D eigenvalue weighted by atomic mass is 9.53. The van der Waals surface area contributed by atoms with E-state index in [1.807, 2.05) is 0 Å². The van der Waals surface area contributed by atoms with Crippen LogP contribution in [0.15, 0.2) is 0 Å². The van der Waals surface area contributed by atoms with Crippen molar-refractivity contribution >= 4 is 17.7 Å². The maximum absolute atomic E-state index is 12.5. The summed E-state index contributed by atoms with van der Waals surface area (Å²) in [7, 11) is 0. The van der Waals surface area contributed by atoms with Crippen molar-refractivity contribution in [1.29, 1.82) is 0 Å². The Morgan fingerprint density at radius 3 is 2.31 bits per heavy atom. The molecule has 0 saturated heterocycles. The number of esters is 1. The smallest absolute Gasteiger partial charge is 0.307 e. The fourth-order valence-electron chi connectivity index (χ4n) is 6.98. The van der Waals surface area contributed by atoms with E-state index in [1.165, 1.54) is 19.3 Å². The van der Waals surface area contributed by atoms with Gasteiger partial charge in [0, 0.05) is 28.7 Å². The number of Topliss-reactive ketones (excluding diaryl/α,β-unsaturated/α-hetero) is 1. The van der Waals surface area contributed by atoms with Crippen LogP contribution in [-0.2, 0) is 19.1 Å². The monoisotopic (exact) mass is 406 g/mol. The van der Waals surface area contributed by atoms with E-state index in [0.717, 1.165) is 19.3 Å². The minimum absolute atomic E-state index is 0.120. The number of nitrogens with one attached hydrogen (secondary N) is 1. The molecule has 0 spiro atoms. The summed E-state index contributed by atoms with van der Waals surface area (Å²) in [6.45, 7) is 1.13. The topological polar surface area (TPSA) is 116 Å². The normalized spacial score (nSPS) is 40.1. The molecule has 8 heteroatoms. The first kappa shape index (κ1) is 20.3. The van der Waals surface area contributed by atoms with Gasteiger partial charge in [-0.05, 0) is 62.2 Å². The summed E-state index contributed by atoms with van der Waals surface area (Å²) in [5.74, 6) is -0.182. The molecule has 0 aromatic carbocycles. The average Bonchev–Trinajstić information content (AvgIpc) is 2.85. The van der Waals surface area contributed by atoms with Crippen LogP contribution in [0.5, 0.6) is 0 Å². The summed E-state index contributed by atoms with van der Waals surface area (Å²) in [6, 6.07) is 0. The fraction of sp³-hybridized carbons (Fsp3) is 0.857. The summed E-state index contributed by atoms with van der Waals surface area (Å²) in [5.41, 5.74) is -0.133. The van der Waals surface area contributed by atoms with Gasteiger partial charge in [-0.15, -0.1) is 0 Å². The molecule has 0 aromatic rings. The van der Waals surface area contributed by atoms with Crippen LogP contribution in [0.2, 0.25) is 0 Å². The molecule has 5 rings (SSSR count). The van der Waals surface area contributed by atoms with Gasteiger partial charge >= 0.3 is 5.97 Å². The van der Waals surface area contributed by atoms with E-state index in [1.54, 1.807) is 6.92 Å². The zero-order valence-corrected chi connectivity index (χ0v) is 16.9. The first-order valence-electron chi connectivity index (χ1n) is 10.8. The predicted molar refractivity (Wildman–Crippen MR) is 102 cm³/mol. The van der Waals surface area contributed by atoms with Crippen LogP contribution in [0.3, 0.4) is 0 Å². The molecule has 5 aliphatic carbocycles. The van der Waals surface area contributed by atoms with E-state index in [0.29, 0.717) is 17.8 Å². The number of carbonyl (C=O) groups excluding carboxylic acids is 3. The molecule has 0 unspecified atom stereocenters. The van der Waals surface area contributed by atoms with Crippen molar-refractivity contribution in [3.05, 3.63) is 10.1 Å². The lowest BCUT2D eigenvalue weighted by Crippen LogP contribution is -2.60. The number of nitro groups is 1. The van der Waals surface area contributed by atoms with Gasteiger partial charge in [-0.25, -0.2) is 0 Å². The number of amides is 1. The molecule has 8 nitrogen and oxygen atoms in total. The van der Waals surface area contributed by atoms with Crippen LogP contribution in [0, 0.1) is 45.6 Å². The summed E-state index contributed by atoms with van der Waals surface area (Å²) in [5, 5.41) is 14.0. The second-order valence-electron chi connectivity index (χ2n) is 10.0. The summed E-state index contributed by atoms with van der Waals surface area (Å²) in [4.78, 5) is 47.3. The molecule has 0 heterocycles. The fourth-order valence-corrected chi connectivity index (χ4v) is 6.98. The molecule has 5 aliphatic rings. The Kier molecular flexibility index (Phi) is 5.38. The van der Waals surface area contributed by atoms with Gasteiger partial charge in [0.25, 0.3) is 5.91 Å². The second-order valence-corrected chi connectivity index (χ2v) is 10.0. The molecule has 3 atom stereocenters. The Hall–Kier alpha value is -1.99. The minimum Gasteiger partial charge on any atom is -0.456 e. The van der Waals surface area contributed by atoms with E-state index < -0.39 is 22.7 Å². The number of carbonyl (C=O) groups is 3. The van der Waals surface area contributed by atoms with Crippen molar-refractivity contribution in [2.24, 2.45) is 35.5 Å². The minimum atomic E-state index is -0.686. The van der Waals surface area contributed by atoms with Crippen molar-refractivity contribution in [3.63, 3.8) is 0 Å². The first-order valence-corrected chi connectivity index (χ1v) is 10.8. The quantitative estimate of drug-likeness (QED) is 0.393. The van der Waals surface area contributed by atoms with Gasteiger partial charge in [-0.2, -0.15) is 0 Å². The maximum atomic E-state index is 12.5. The molecule has 0 aromatic heterocycles. The number of nitrogens with zero attached hydrogens (tertiary/aromatic N) is 1. The third-order valence-electron chi connectivity index (χ3n) is 7.74. The van der Waals surface area contributed by atoms with Crippen molar-refractivity contribution in [1.82, 2.24) is 5.32 Å². The number of hydrogen-bond acceptors (Lipinski definition) is 6. The molecular formula is C21H30N2O6. The van der Waals surface area contributed by atoms with E-state index in [9.17, 15) is 24.5 Å². The van der Waals surface area contributed by atoms with Gasteiger partial charge in [0.15, 0.2) is 6.61 Å². The molecule has 160 valence electrons. The van der Waals surface area contributed by atoms with Gasteiger partial charge in [0.1, 0.15) is 5.78 Å². The highest BCUT2D eigenvalue weighted by molar-refractivity contribution is 5.88.